The van der Waals surface area contributed by atoms with Crippen LogP contribution in [-0.4, -0.2) is 14.2 Å². The Bertz CT molecular complexity index is 610. The van der Waals surface area contributed by atoms with Crippen molar-refractivity contribution < 1.29 is 4.74 Å². The van der Waals surface area contributed by atoms with Crippen molar-refractivity contribution in [2.45, 2.75) is 19.9 Å². The molecule has 0 heterocycles. The third kappa shape index (κ3) is 2.82. The molecule has 0 aliphatic carbocycles. The number of hydrogen-bond acceptors (Lipinski definition) is 2. The van der Waals surface area contributed by atoms with Crippen LogP contribution in [0.4, 0.5) is 0 Å². The molecule has 1 unspecified atom stereocenters. The van der Waals surface area contributed by atoms with E-state index in [9.17, 15) is 0 Å². The number of hydrogen-bond donors (Lipinski definition) is 1. The van der Waals surface area contributed by atoms with Crippen LogP contribution in [-0.2, 0) is 0 Å². The minimum absolute atomic E-state index is 0.125. The molecule has 1 atom stereocenters. The Morgan fingerprint density at radius 3 is 2.45 bits per heavy atom. The number of aryl methyl sites for hydroxylation is 1. The summed E-state index contributed by atoms with van der Waals surface area (Å²) in [7, 11) is 3.65. The Balaban J connectivity index is 2.50. The van der Waals surface area contributed by atoms with Gasteiger partial charge in [-0.05, 0) is 61.3 Å². The fourth-order valence-corrected chi connectivity index (χ4v) is 2.70. The number of benzene rings is 2. The van der Waals surface area contributed by atoms with Crippen LogP contribution in [0.5, 0.6) is 5.75 Å². The van der Waals surface area contributed by atoms with Gasteiger partial charge in [-0.3, -0.25) is 0 Å². The van der Waals surface area contributed by atoms with E-state index in [1.165, 1.54) is 16.7 Å². The zero-order valence-corrected chi connectivity index (χ0v) is 13.1. The van der Waals surface area contributed by atoms with Crippen LogP contribution in [0.2, 0.25) is 5.02 Å². The van der Waals surface area contributed by atoms with Gasteiger partial charge < -0.3 is 10.1 Å². The lowest BCUT2D eigenvalue weighted by molar-refractivity contribution is 0.414. The quantitative estimate of drug-likeness (QED) is 0.907. The van der Waals surface area contributed by atoms with Crippen LogP contribution in [0.3, 0.4) is 0 Å². The topological polar surface area (TPSA) is 21.3 Å². The maximum Gasteiger partial charge on any atom is 0.119 e. The highest BCUT2D eigenvalue weighted by atomic mass is 35.5. The van der Waals surface area contributed by atoms with Crippen LogP contribution in [0.15, 0.2) is 36.4 Å². The van der Waals surface area contributed by atoms with Gasteiger partial charge in [0, 0.05) is 5.02 Å². The molecule has 0 aliphatic rings. The summed E-state index contributed by atoms with van der Waals surface area (Å²) in [6.07, 6.45) is 0. The highest BCUT2D eigenvalue weighted by Gasteiger charge is 2.17. The van der Waals surface area contributed by atoms with E-state index in [0.29, 0.717) is 0 Å². The first kappa shape index (κ1) is 14.9. The Kier molecular flexibility index (Phi) is 4.69. The van der Waals surface area contributed by atoms with Gasteiger partial charge in [-0.25, -0.2) is 0 Å². The summed E-state index contributed by atoms with van der Waals surface area (Å²) in [6.45, 7) is 4.16. The zero-order valence-electron chi connectivity index (χ0n) is 12.3. The van der Waals surface area contributed by atoms with Gasteiger partial charge in [0.25, 0.3) is 0 Å². The van der Waals surface area contributed by atoms with Crippen molar-refractivity contribution in [2.24, 2.45) is 0 Å². The molecule has 0 saturated heterocycles. The van der Waals surface area contributed by atoms with Gasteiger partial charge in [0.05, 0.1) is 13.2 Å². The first-order valence-corrected chi connectivity index (χ1v) is 7.03. The van der Waals surface area contributed by atoms with Gasteiger partial charge in [-0.15, -0.1) is 0 Å². The molecule has 3 heteroatoms. The Labute approximate surface area is 125 Å². The summed E-state index contributed by atoms with van der Waals surface area (Å²) in [5.74, 6) is 0.879. The number of nitrogens with one attached hydrogen (secondary N) is 1. The SMILES string of the molecule is CNC(c1ccc(OC)cc1C)c1cccc(Cl)c1C. The number of methoxy groups -OCH3 is 1. The Morgan fingerprint density at radius 2 is 1.85 bits per heavy atom. The molecule has 20 heavy (non-hydrogen) atoms. The third-order valence-corrected chi connectivity index (χ3v) is 4.11. The van der Waals surface area contributed by atoms with Crippen LogP contribution < -0.4 is 10.1 Å². The van der Waals surface area contributed by atoms with E-state index >= 15 is 0 Å². The second kappa shape index (κ2) is 6.29. The Hall–Kier alpha value is -1.51. The maximum atomic E-state index is 6.24. The first-order chi connectivity index (χ1) is 9.58. The molecule has 2 nitrogen and oxygen atoms in total. The second-order valence-electron chi connectivity index (χ2n) is 4.90. The van der Waals surface area contributed by atoms with Crippen molar-refractivity contribution >= 4 is 11.6 Å². The molecule has 2 rings (SSSR count). The summed E-state index contributed by atoms with van der Waals surface area (Å²) < 4.78 is 5.27. The van der Waals surface area contributed by atoms with E-state index in [1.54, 1.807) is 7.11 Å². The molecule has 106 valence electrons. The molecule has 2 aromatic rings. The molecule has 2 aromatic carbocycles. The van der Waals surface area contributed by atoms with Crippen LogP contribution in [0.1, 0.15) is 28.3 Å². The normalized spacial score (nSPS) is 12.2. The largest absolute Gasteiger partial charge is 0.497 e. The maximum absolute atomic E-state index is 6.24. The number of ether oxygens (including phenoxy) is 1. The molecule has 0 radical (unpaired) electrons. The smallest absolute Gasteiger partial charge is 0.119 e. The highest BCUT2D eigenvalue weighted by Crippen LogP contribution is 2.31. The van der Waals surface area contributed by atoms with Crippen LogP contribution in [0, 0.1) is 13.8 Å². The average Bonchev–Trinajstić information content (AvgIpc) is 2.45. The predicted octanol–water partition coefficient (Wildman–Crippen LogP) is 4.27. The van der Waals surface area contributed by atoms with E-state index in [0.717, 1.165) is 16.3 Å². The minimum Gasteiger partial charge on any atom is -0.497 e. The summed E-state index contributed by atoms with van der Waals surface area (Å²) in [5.41, 5.74) is 4.75. The van der Waals surface area contributed by atoms with Gasteiger partial charge in [0.1, 0.15) is 5.75 Å². The zero-order chi connectivity index (χ0) is 14.7. The van der Waals surface area contributed by atoms with Gasteiger partial charge >= 0.3 is 0 Å². The van der Waals surface area contributed by atoms with Crippen molar-refractivity contribution in [1.29, 1.82) is 0 Å². The van der Waals surface area contributed by atoms with Crippen molar-refractivity contribution in [3.05, 3.63) is 63.7 Å². The number of rotatable bonds is 4. The van der Waals surface area contributed by atoms with Gasteiger partial charge in [-0.1, -0.05) is 29.8 Å². The van der Waals surface area contributed by atoms with Gasteiger partial charge in [0.2, 0.25) is 0 Å². The molecular formula is C17H20ClNO. The molecule has 0 aromatic heterocycles. The molecule has 0 spiro atoms. The van der Waals surface area contributed by atoms with Crippen molar-refractivity contribution in [3.8, 4) is 5.75 Å². The fraction of sp³-hybridized carbons (Fsp3) is 0.294. The first-order valence-electron chi connectivity index (χ1n) is 6.65. The van der Waals surface area contributed by atoms with Gasteiger partial charge in [0.15, 0.2) is 0 Å². The predicted molar refractivity (Wildman–Crippen MR) is 84.8 cm³/mol. The monoisotopic (exact) mass is 289 g/mol. The van der Waals surface area contributed by atoms with E-state index in [-0.39, 0.29) is 6.04 Å². The standard InChI is InChI=1S/C17H20ClNO/c1-11-10-13(20-4)8-9-14(11)17(19-3)15-6-5-7-16(18)12(15)2/h5-10,17,19H,1-4H3. The molecular weight excluding hydrogens is 270 g/mol. The Morgan fingerprint density at radius 1 is 1.10 bits per heavy atom. The lowest BCUT2D eigenvalue weighted by atomic mass is 9.92. The van der Waals surface area contributed by atoms with Crippen molar-refractivity contribution in [2.75, 3.05) is 14.2 Å². The lowest BCUT2D eigenvalue weighted by Gasteiger charge is -2.22. The third-order valence-electron chi connectivity index (χ3n) is 3.70. The highest BCUT2D eigenvalue weighted by molar-refractivity contribution is 6.31. The van der Waals surface area contributed by atoms with Crippen molar-refractivity contribution in [3.63, 3.8) is 0 Å². The van der Waals surface area contributed by atoms with Crippen LogP contribution >= 0.6 is 11.6 Å². The summed E-state index contributed by atoms with van der Waals surface area (Å²) in [4.78, 5) is 0. The molecule has 0 amide bonds. The minimum atomic E-state index is 0.125. The fourth-order valence-electron chi connectivity index (χ4n) is 2.51. The number of halogens is 1. The summed E-state index contributed by atoms with van der Waals surface area (Å²) >= 11 is 6.24. The molecule has 0 bridgehead atoms. The molecule has 0 fully saturated rings. The molecule has 0 aliphatic heterocycles. The van der Waals surface area contributed by atoms with E-state index in [2.05, 4.69) is 37.4 Å². The lowest BCUT2D eigenvalue weighted by Crippen LogP contribution is -2.19. The molecule has 0 saturated carbocycles. The van der Waals surface area contributed by atoms with E-state index < -0.39 is 0 Å². The van der Waals surface area contributed by atoms with E-state index in [1.807, 2.05) is 25.2 Å². The summed E-state index contributed by atoms with van der Waals surface area (Å²) in [5, 5.41) is 4.18. The molecule has 1 N–H and O–H groups in total. The second-order valence-corrected chi connectivity index (χ2v) is 5.31. The van der Waals surface area contributed by atoms with E-state index in [4.69, 9.17) is 16.3 Å². The summed E-state index contributed by atoms with van der Waals surface area (Å²) in [6, 6.07) is 12.3. The van der Waals surface area contributed by atoms with Crippen LogP contribution in [0.25, 0.3) is 0 Å². The van der Waals surface area contributed by atoms with Gasteiger partial charge in [-0.2, -0.15) is 0 Å². The average molecular weight is 290 g/mol. The van der Waals surface area contributed by atoms with Crippen molar-refractivity contribution in [1.82, 2.24) is 5.32 Å².